The van der Waals surface area contributed by atoms with Crippen LogP contribution in [0, 0.1) is 5.92 Å². The van der Waals surface area contributed by atoms with Crippen LogP contribution in [0.1, 0.15) is 71.9 Å². The molecule has 2 aromatic rings. The molecule has 1 N–H and O–H groups in total. The second-order valence-corrected chi connectivity index (χ2v) is 13.1. The number of rotatable bonds is 4. The monoisotopic (exact) mass is 552 g/mol. The molecule has 0 aliphatic carbocycles. The molecule has 0 saturated carbocycles. The van der Waals surface area contributed by atoms with Gasteiger partial charge in [-0.15, -0.1) is 0 Å². The molecule has 3 amide bonds. The van der Waals surface area contributed by atoms with Gasteiger partial charge in [-0.1, -0.05) is 0 Å². The number of benzene rings is 1. The summed E-state index contributed by atoms with van der Waals surface area (Å²) in [6.45, 7) is 15.5. The van der Waals surface area contributed by atoms with E-state index >= 15 is 0 Å². The van der Waals surface area contributed by atoms with Crippen LogP contribution in [0.15, 0.2) is 18.2 Å². The lowest BCUT2D eigenvalue weighted by Crippen LogP contribution is -2.59. The number of carbonyl (C=O) groups excluding carboxylic acids is 3. The molecule has 3 aliphatic heterocycles. The largest absolute Gasteiger partial charge is 0.444 e. The summed E-state index contributed by atoms with van der Waals surface area (Å²) >= 11 is 0. The quantitative estimate of drug-likeness (QED) is 0.578. The number of fused-ring (bicyclic) bond motifs is 1. The van der Waals surface area contributed by atoms with Crippen LogP contribution in [0.25, 0.3) is 10.9 Å². The van der Waals surface area contributed by atoms with Gasteiger partial charge in [-0.2, -0.15) is 5.10 Å². The number of aryl methyl sites for hydroxylation is 1. The Labute approximate surface area is 237 Å². The SMILES string of the molecule is Cn1nc(C2CCC(=O)NC2=O)c2ccc(N3CCC(C(C)(C)N4CCN(C(=O)OC(C)(C)C)CC4)CC3)cc21. The van der Waals surface area contributed by atoms with Gasteiger partial charge in [0, 0.05) is 69.3 Å². The minimum atomic E-state index is -0.474. The number of nitrogens with zero attached hydrogens (tertiary/aromatic N) is 5. The molecule has 218 valence electrons. The Kier molecular flexibility index (Phi) is 7.58. The number of carbonyl (C=O) groups is 3. The standard InChI is InChI=1S/C30H44N6O4/c1-29(2,3)40-28(39)35-15-17-36(18-16-35)30(4,5)20-11-13-34(14-12-20)21-7-8-22-24(19-21)33(6)32-26(22)23-9-10-25(37)31-27(23)38/h7-8,19-20,23H,9-18H2,1-6H3,(H,31,37,38). The fourth-order valence-electron chi connectivity index (χ4n) is 6.58. The van der Waals surface area contributed by atoms with Gasteiger partial charge in [0.15, 0.2) is 0 Å². The highest BCUT2D eigenvalue weighted by molar-refractivity contribution is 6.02. The highest BCUT2D eigenvalue weighted by Crippen LogP contribution is 2.37. The third-order valence-corrected chi connectivity index (χ3v) is 9.04. The second-order valence-electron chi connectivity index (χ2n) is 13.1. The molecule has 3 aliphatic rings. The Balaban J connectivity index is 1.20. The van der Waals surface area contributed by atoms with Crippen molar-refractivity contribution in [3.8, 4) is 0 Å². The van der Waals surface area contributed by atoms with E-state index in [0.717, 1.165) is 55.6 Å². The third-order valence-electron chi connectivity index (χ3n) is 9.04. The summed E-state index contributed by atoms with van der Waals surface area (Å²) in [5.41, 5.74) is 2.50. The number of anilines is 1. The molecule has 1 aromatic heterocycles. The first-order valence-corrected chi connectivity index (χ1v) is 14.6. The van der Waals surface area contributed by atoms with Gasteiger partial charge in [0.25, 0.3) is 0 Å². The summed E-state index contributed by atoms with van der Waals surface area (Å²) in [6.07, 6.45) is 2.83. The summed E-state index contributed by atoms with van der Waals surface area (Å²) in [6, 6.07) is 6.40. The first-order valence-electron chi connectivity index (χ1n) is 14.6. The van der Waals surface area contributed by atoms with E-state index < -0.39 is 11.5 Å². The number of aromatic nitrogens is 2. The molecule has 10 nitrogen and oxygen atoms in total. The number of hydrogen-bond donors (Lipinski definition) is 1. The van der Waals surface area contributed by atoms with Crippen molar-refractivity contribution >= 4 is 34.5 Å². The lowest BCUT2D eigenvalue weighted by molar-refractivity contribution is -0.134. The molecule has 5 rings (SSSR count). The fraction of sp³-hybridized carbons (Fsp3) is 0.667. The van der Waals surface area contributed by atoms with E-state index in [-0.39, 0.29) is 23.4 Å². The maximum Gasteiger partial charge on any atom is 0.410 e. The Morgan fingerprint density at radius 2 is 1.65 bits per heavy atom. The smallest absolute Gasteiger partial charge is 0.410 e. The average Bonchev–Trinajstić information content (AvgIpc) is 3.23. The summed E-state index contributed by atoms with van der Waals surface area (Å²) in [5, 5.41) is 8.13. The molecule has 3 saturated heterocycles. The third kappa shape index (κ3) is 5.68. The highest BCUT2D eigenvalue weighted by Gasteiger charge is 2.40. The summed E-state index contributed by atoms with van der Waals surface area (Å²) < 4.78 is 7.42. The molecule has 10 heteroatoms. The molecule has 0 spiro atoms. The fourth-order valence-corrected chi connectivity index (χ4v) is 6.58. The van der Waals surface area contributed by atoms with Crippen molar-refractivity contribution in [2.75, 3.05) is 44.2 Å². The van der Waals surface area contributed by atoms with Crippen LogP contribution in [0.5, 0.6) is 0 Å². The lowest BCUT2D eigenvalue weighted by atomic mass is 9.78. The van der Waals surface area contributed by atoms with Gasteiger partial charge in [0.05, 0.1) is 17.1 Å². The van der Waals surface area contributed by atoms with E-state index in [4.69, 9.17) is 9.84 Å². The maximum absolute atomic E-state index is 12.5. The van der Waals surface area contributed by atoms with Crippen molar-refractivity contribution in [1.29, 1.82) is 0 Å². The first kappa shape index (κ1) is 28.4. The molecule has 1 atom stereocenters. The molecule has 4 heterocycles. The van der Waals surface area contributed by atoms with Crippen molar-refractivity contribution in [3.05, 3.63) is 23.9 Å². The van der Waals surface area contributed by atoms with Gasteiger partial charge in [-0.3, -0.25) is 24.5 Å². The number of imide groups is 1. The Hall–Kier alpha value is -3.14. The number of ether oxygens (including phenoxy) is 1. The minimum absolute atomic E-state index is 0.0506. The molecule has 40 heavy (non-hydrogen) atoms. The van der Waals surface area contributed by atoms with Crippen molar-refractivity contribution in [2.45, 2.75) is 77.4 Å². The lowest BCUT2D eigenvalue weighted by Gasteiger charge is -2.50. The zero-order chi connectivity index (χ0) is 28.8. The Morgan fingerprint density at radius 3 is 2.27 bits per heavy atom. The number of piperazine rings is 1. The predicted molar refractivity (Wildman–Crippen MR) is 154 cm³/mol. The summed E-state index contributed by atoms with van der Waals surface area (Å²) in [7, 11) is 1.92. The molecule has 3 fully saturated rings. The predicted octanol–water partition coefficient (Wildman–Crippen LogP) is 3.64. The van der Waals surface area contributed by atoms with Crippen LogP contribution >= 0.6 is 0 Å². The zero-order valence-corrected chi connectivity index (χ0v) is 24.8. The minimum Gasteiger partial charge on any atom is -0.444 e. The zero-order valence-electron chi connectivity index (χ0n) is 24.8. The van der Waals surface area contributed by atoms with Crippen molar-refractivity contribution in [1.82, 2.24) is 24.9 Å². The number of piperidine rings is 2. The number of nitrogens with one attached hydrogen (secondary N) is 1. The molecule has 0 radical (unpaired) electrons. The molecule has 0 bridgehead atoms. The maximum atomic E-state index is 12.5. The van der Waals surface area contributed by atoms with E-state index in [9.17, 15) is 14.4 Å². The van der Waals surface area contributed by atoms with E-state index in [2.05, 4.69) is 47.2 Å². The van der Waals surface area contributed by atoms with Gasteiger partial charge < -0.3 is 14.5 Å². The van der Waals surface area contributed by atoms with Gasteiger partial charge in [-0.25, -0.2) is 4.79 Å². The topological polar surface area (TPSA) is 100 Å². The highest BCUT2D eigenvalue weighted by atomic mass is 16.6. The van der Waals surface area contributed by atoms with Crippen LogP contribution in [0.3, 0.4) is 0 Å². The van der Waals surface area contributed by atoms with Gasteiger partial charge in [0.2, 0.25) is 11.8 Å². The van der Waals surface area contributed by atoms with E-state index in [1.54, 1.807) is 0 Å². The second kappa shape index (κ2) is 10.7. The first-order chi connectivity index (χ1) is 18.8. The average molecular weight is 553 g/mol. The van der Waals surface area contributed by atoms with Gasteiger partial charge >= 0.3 is 6.09 Å². The normalized spacial score (nSPS) is 22.1. The molecule has 1 unspecified atom stereocenters. The Morgan fingerprint density at radius 1 is 0.975 bits per heavy atom. The van der Waals surface area contributed by atoms with Crippen LogP contribution < -0.4 is 10.2 Å². The van der Waals surface area contributed by atoms with Gasteiger partial charge in [0.1, 0.15) is 5.60 Å². The van der Waals surface area contributed by atoms with Crippen molar-refractivity contribution < 1.29 is 19.1 Å². The molecular weight excluding hydrogens is 508 g/mol. The van der Waals surface area contributed by atoms with Crippen LogP contribution in [-0.2, 0) is 21.4 Å². The van der Waals surface area contributed by atoms with Crippen molar-refractivity contribution in [2.24, 2.45) is 13.0 Å². The van der Waals surface area contributed by atoms with E-state index in [1.807, 2.05) is 37.4 Å². The number of hydrogen-bond acceptors (Lipinski definition) is 7. The van der Waals surface area contributed by atoms with Crippen molar-refractivity contribution in [3.63, 3.8) is 0 Å². The van der Waals surface area contributed by atoms with Crippen LogP contribution in [0.2, 0.25) is 0 Å². The Bertz CT molecular complexity index is 1280. The van der Waals surface area contributed by atoms with E-state index in [1.165, 1.54) is 5.69 Å². The molecular formula is C30H44N6O4. The van der Waals surface area contributed by atoms with Crippen LogP contribution in [-0.4, -0.2) is 87.9 Å². The molecule has 1 aromatic carbocycles. The van der Waals surface area contributed by atoms with E-state index in [0.29, 0.717) is 31.8 Å². The van der Waals surface area contributed by atoms with Gasteiger partial charge in [-0.05, 0) is 78.0 Å². The summed E-state index contributed by atoms with van der Waals surface area (Å²) in [5.74, 6) is -0.290. The number of amides is 3. The summed E-state index contributed by atoms with van der Waals surface area (Å²) in [4.78, 5) is 43.4. The van der Waals surface area contributed by atoms with Crippen LogP contribution in [0.4, 0.5) is 10.5 Å².